The fourth-order valence-corrected chi connectivity index (χ4v) is 4.53. The van der Waals surface area contributed by atoms with E-state index in [1.807, 2.05) is 23.1 Å². The van der Waals surface area contributed by atoms with Gasteiger partial charge in [0, 0.05) is 63.8 Å². The van der Waals surface area contributed by atoms with Crippen LogP contribution in [-0.4, -0.2) is 47.9 Å². The molecule has 5 nitrogen and oxygen atoms in total. The van der Waals surface area contributed by atoms with Crippen molar-refractivity contribution in [2.24, 2.45) is 7.05 Å². The summed E-state index contributed by atoms with van der Waals surface area (Å²) in [4.78, 5) is 6.31. The number of rotatable bonds is 6. The highest BCUT2D eigenvalue weighted by Crippen LogP contribution is 2.25. The number of thiophene rings is 1. The smallest absolute Gasteiger partial charge is 0.130 e. The summed E-state index contributed by atoms with van der Waals surface area (Å²) in [6.07, 6.45) is 1.20. The molecule has 132 valence electrons. The van der Waals surface area contributed by atoms with Gasteiger partial charge in [-0.3, -0.25) is 9.58 Å². The van der Waals surface area contributed by atoms with Crippen molar-refractivity contribution in [3.63, 3.8) is 0 Å². The van der Waals surface area contributed by atoms with E-state index >= 15 is 0 Å². The average Bonchev–Trinajstić information content (AvgIpc) is 3.10. The van der Waals surface area contributed by atoms with Crippen LogP contribution in [-0.2, 0) is 26.6 Å². The first kappa shape index (κ1) is 17.5. The molecule has 0 saturated carbocycles. The van der Waals surface area contributed by atoms with Crippen LogP contribution in [0, 0.1) is 6.92 Å². The van der Waals surface area contributed by atoms with Crippen LogP contribution in [0.5, 0.6) is 0 Å². The third kappa shape index (κ3) is 3.50. The Balaban J connectivity index is 1.56. The van der Waals surface area contributed by atoms with E-state index in [9.17, 15) is 0 Å². The summed E-state index contributed by atoms with van der Waals surface area (Å²) in [5.74, 6) is 1.19. The van der Waals surface area contributed by atoms with E-state index in [-0.39, 0.29) is 0 Å². The van der Waals surface area contributed by atoms with Gasteiger partial charge in [0.15, 0.2) is 0 Å². The van der Waals surface area contributed by atoms with Gasteiger partial charge in [0.1, 0.15) is 5.82 Å². The highest BCUT2D eigenvalue weighted by Gasteiger charge is 2.21. The number of nitrogens with zero attached hydrogens (tertiary/aromatic N) is 4. The van der Waals surface area contributed by atoms with Crippen molar-refractivity contribution in [3.05, 3.63) is 33.1 Å². The molecule has 0 aromatic carbocycles. The monoisotopic (exact) mass is 347 g/mol. The second kappa shape index (κ2) is 7.25. The van der Waals surface area contributed by atoms with Gasteiger partial charge < -0.3 is 10.2 Å². The van der Waals surface area contributed by atoms with E-state index in [2.05, 4.69) is 59.6 Å². The van der Waals surface area contributed by atoms with Crippen LogP contribution in [0.4, 0.5) is 5.82 Å². The number of nitrogens with one attached hydrogen (secondary N) is 1. The quantitative estimate of drug-likeness (QED) is 0.870. The third-order valence-electron chi connectivity index (χ3n) is 4.94. The summed E-state index contributed by atoms with van der Waals surface area (Å²) in [5.41, 5.74) is 3.94. The predicted molar refractivity (Wildman–Crippen MR) is 102 cm³/mol. The molecule has 0 aliphatic carbocycles. The molecule has 3 heterocycles. The van der Waals surface area contributed by atoms with Gasteiger partial charge >= 0.3 is 0 Å². The molecule has 1 aliphatic rings. The first-order valence-corrected chi connectivity index (χ1v) is 9.55. The summed E-state index contributed by atoms with van der Waals surface area (Å²) in [6.45, 7) is 8.56. The van der Waals surface area contributed by atoms with Gasteiger partial charge in [-0.2, -0.15) is 5.10 Å². The Kier molecular flexibility index (Phi) is 5.27. The van der Waals surface area contributed by atoms with Crippen LogP contribution in [0.3, 0.4) is 0 Å². The third-order valence-corrected chi connectivity index (χ3v) is 5.96. The van der Waals surface area contributed by atoms with Crippen molar-refractivity contribution >= 4 is 17.2 Å². The van der Waals surface area contributed by atoms with E-state index in [0.717, 1.165) is 25.3 Å². The van der Waals surface area contributed by atoms with E-state index in [1.165, 1.54) is 29.9 Å². The Labute approximate surface area is 149 Å². The molecule has 2 aromatic rings. The number of anilines is 1. The van der Waals surface area contributed by atoms with Gasteiger partial charge in [-0.1, -0.05) is 0 Å². The average molecular weight is 348 g/mol. The molecule has 0 amide bonds. The number of hydrogen-bond donors (Lipinski definition) is 1. The minimum Gasteiger partial charge on any atom is -0.363 e. The fourth-order valence-electron chi connectivity index (χ4n) is 3.64. The molecular formula is C18H29N5S. The van der Waals surface area contributed by atoms with Crippen LogP contribution in [0.2, 0.25) is 0 Å². The topological polar surface area (TPSA) is 36.3 Å². The molecule has 0 saturated heterocycles. The minimum atomic E-state index is 0.540. The fraction of sp³-hybridized carbons (Fsp3) is 0.611. The lowest BCUT2D eigenvalue weighted by Gasteiger charge is -2.32. The van der Waals surface area contributed by atoms with E-state index in [1.54, 1.807) is 4.88 Å². The van der Waals surface area contributed by atoms with Gasteiger partial charge in [-0.15, -0.1) is 11.3 Å². The summed E-state index contributed by atoms with van der Waals surface area (Å²) in [7, 11) is 6.17. The molecule has 0 bridgehead atoms. The number of fused-ring (bicyclic) bond motifs is 1. The van der Waals surface area contributed by atoms with Crippen LogP contribution in [0.25, 0.3) is 0 Å². The van der Waals surface area contributed by atoms with Crippen LogP contribution < -0.4 is 10.2 Å². The number of aryl methyl sites for hydroxylation is 2. The molecule has 3 rings (SSSR count). The normalized spacial score (nSPS) is 16.2. The molecule has 1 atom stereocenters. The van der Waals surface area contributed by atoms with Gasteiger partial charge in [0.2, 0.25) is 0 Å². The molecule has 2 aromatic heterocycles. The molecule has 1 aliphatic heterocycles. The lowest BCUT2D eigenvalue weighted by Crippen LogP contribution is -2.42. The molecule has 1 N–H and O–H groups in total. The molecule has 0 spiro atoms. The van der Waals surface area contributed by atoms with Gasteiger partial charge in [0.25, 0.3) is 0 Å². The van der Waals surface area contributed by atoms with Crippen LogP contribution in [0.15, 0.2) is 11.4 Å². The Hall–Kier alpha value is -1.37. The molecule has 1 unspecified atom stereocenters. The highest BCUT2D eigenvalue weighted by molar-refractivity contribution is 7.10. The Morgan fingerprint density at radius 2 is 2.21 bits per heavy atom. The minimum absolute atomic E-state index is 0.540. The van der Waals surface area contributed by atoms with Crippen molar-refractivity contribution in [3.8, 4) is 0 Å². The molecule has 6 heteroatoms. The molecule has 0 radical (unpaired) electrons. The SMILES string of the molecule is Cc1nn(C)c(N(C)C)c1CNCC(C)N1CCc2sccc2C1. The van der Waals surface area contributed by atoms with Gasteiger partial charge in [0.05, 0.1) is 5.69 Å². The Morgan fingerprint density at radius 3 is 2.96 bits per heavy atom. The largest absolute Gasteiger partial charge is 0.363 e. The number of hydrogen-bond acceptors (Lipinski definition) is 5. The Bertz CT molecular complexity index is 688. The Morgan fingerprint density at radius 1 is 1.42 bits per heavy atom. The summed E-state index contributed by atoms with van der Waals surface area (Å²) in [5, 5.41) is 10.4. The van der Waals surface area contributed by atoms with Crippen molar-refractivity contribution < 1.29 is 0 Å². The van der Waals surface area contributed by atoms with E-state index < -0.39 is 0 Å². The van der Waals surface area contributed by atoms with E-state index in [4.69, 9.17) is 0 Å². The maximum atomic E-state index is 4.56. The predicted octanol–water partition coefficient (Wildman–Crippen LogP) is 2.39. The summed E-state index contributed by atoms with van der Waals surface area (Å²) >= 11 is 1.91. The number of aromatic nitrogens is 2. The van der Waals surface area contributed by atoms with Crippen molar-refractivity contribution in [2.45, 2.75) is 39.4 Å². The summed E-state index contributed by atoms with van der Waals surface area (Å²) < 4.78 is 1.97. The lowest BCUT2D eigenvalue weighted by atomic mass is 10.1. The molecular weight excluding hydrogens is 318 g/mol. The van der Waals surface area contributed by atoms with Crippen LogP contribution >= 0.6 is 11.3 Å². The van der Waals surface area contributed by atoms with Crippen molar-refractivity contribution in [1.82, 2.24) is 20.0 Å². The van der Waals surface area contributed by atoms with Gasteiger partial charge in [-0.25, -0.2) is 0 Å². The standard InChI is InChI=1S/C18H29N5S/c1-13(23-8-6-17-15(12-23)7-9-24-17)10-19-11-16-14(2)20-22(5)18(16)21(3)4/h7,9,13,19H,6,8,10-12H2,1-5H3. The van der Waals surface area contributed by atoms with Crippen molar-refractivity contribution in [2.75, 3.05) is 32.1 Å². The van der Waals surface area contributed by atoms with Crippen LogP contribution in [0.1, 0.15) is 28.6 Å². The second-order valence-electron chi connectivity index (χ2n) is 6.98. The molecule has 24 heavy (non-hydrogen) atoms. The molecule has 0 fully saturated rings. The highest BCUT2D eigenvalue weighted by atomic mass is 32.1. The maximum Gasteiger partial charge on any atom is 0.130 e. The van der Waals surface area contributed by atoms with Gasteiger partial charge in [-0.05, 0) is 37.3 Å². The lowest BCUT2D eigenvalue weighted by molar-refractivity contribution is 0.188. The second-order valence-corrected chi connectivity index (χ2v) is 7.98. The zero-order valence-corrected chi connectivity index (χ0v) is 16.3. The maximum absolute atomic E-state index is 4.56. The van der Waals surface area contributed by atoms with Crippen molar-refractivity contribution in [1.29, 1.82) is 0 Å². The van der Waals surface area contributed by atoms with E-state index in [0.29, 0.717) is 6.04 Å². The zero-order valence-electron chi connectivity index (χ0n) is 15.5. The first-order valence-electron chi connectivity index (χ1n) is 8.67. The summed E-state index contributed by atoms with van der Waals surface area (Å²) in [6, 6.07) is 2.83. The first-order chi connectivity index (χ1) is 11.5. The zero-order chi connectivity index (χ0) is 17.3.